The summed E-state index contributed by atoms with van der Waals surface area (Å²) in [6.45, 7) is 6.40. The molecule has 1 aliphatic rings. The Balaban J connectivity index is 1.54. The zero-order valence-corrected chi connectivity index (χ0v) is 21.0. The molecule has 1 saturated heterocycles. The summed E-state index contributed by atoms with van der Waals surface area (Å²) in [6, 6.07) is 15.5. The first-order valence-corrected chi connectivity index (χ1v) is 12.1. The third kappa shape index (κ3) is 5.23. The molecule has 2 aromatic carbocycles. The Morgan fingerprint density at radius 3 is 2.34 bits per heavy atom. The molecule has 0 radical (unpaired) electrons. The standard InChI is InChI=1S/C25H23N3O5S2/c1-4-32-22-13-19(9-12-21(22)33-15-18-7-10-20(11-8-18)28(30)31)14-23-24(29)27(25(34)35-23)26-16(2)5-6-17(26)3/h5-14H,4,15H2,1-3H3/b23-14+. The van der Waals surface area contributed by atoms with Crippen LogP contribution >= 0.6 is 24.0 Å². The van der Waals surface area contributed by atoms with Crippen molar-refractivity contribution in [2.75, 3.05) is 11.6 Å². The number of nitro groups is 1. The average molecular weight is 510 g/mol. The van der Waals surface area contributed by atoms with Crippen LogP contribution in [0.1, 0.15) is 29.4 Å². The summed E-state index contributed by atoms with van der Waals surface area (Å²) in [5.74, 6) is 0.892. The topological polar surface area (TPSA) is 86.8 Å². The molecule has 180 valence electrons. The van der Waals surface area contributed by atoms with E-state index in [1.807, 2.05) is 49.7 Å². The van der Waals surface area contributed by atoms with Gasteiger partial charge in [0.25, 0.3) is 11.6 Å². The van der Waals surface area contributed by atoms with Crippen molar-refractivity contribution in [1.29, 1.82) is 0 Å². The molecule has 2 heterocycles. The second-order valence-corrected chi connectivity index (χ2v) is 9.45. The molecule has 0 aliphatic carbocycles. The number of carbonyl (C=O) groups is 1. The average Bonchev–Trinajstić information content (AvgIpc) is 3.30. The van der Waals surface area contributed by atoms with Crippen molar-refractivity contribution in [1.82, 2.24) is 4.68 Å². The minimum Gasteiger partial charge on any atom is -0.490 e. The number of non-ortho nitro benzene ring substituents is 1. The highest BCUT2D eigenvalue weighted by Gasteiger charge is 2.34. The van der Waals surface area contributed by atoms with Crippen molar-refractivity contribution in [3.05, 3.63) is 92.1 Å². The SMILES string of the molecule is CCOc1cc(/C=C2/SC(=S)N(n3c(C)ccc3C)C2=O)ccc1OCc1ccc([N+](=O)[O-])cc1. The van der Waals surface area contributed by atoms with E-state index < -0.39 is 4.92 Å². The van der Waals surface area contributed by atoms with Crippen LogP contribution in [0, 0.1) is 24.0 Å². The van der Waals surface area contributed by atoms with Crippen molar-refractivity contribution >= 4 is 46.0 Å². The number of rotatable bonds is 8. The maximum absolute atomic E-state index is 13.2. The van der Waals surface area contributed by atoms with Gasteiger partial charge in [-0.1, -0.05) is 17.8 Å². The Hall–Kier alpha value is -3.63. The highest BCUT2D eigenvalue weighted by molar-refractivity contribution is 8.27. The number of nitro benzene ring substituents is 1. The van der Waals surface area contributed by atoms with E-state index in [9.17, 15) is 14.9 Å². The monoisotopic (exact) mass is 509 g/mol. The van der Waals surface area contributed by atoms with E-state index in [0.29, 0.717) is 27.3 Å². The van der Waals surface area contributed by atoms with E-state index >= 15 is 0 Å². The van der Waals surface area contributed by atoms with E-state index in [4.69, 9.17) is 21.7 Å². The molecule has 0 spiro atoms. The zero-order chi connectivity index (χ0) is 25.1. The number of amides is 1. The van der Waals surface area contributed by atoms with E-state index in [-0.39, 0.29) is 18.2 Å². The van der Waals surface area contributed by atoms with Gasteiger partial charge in [-0.25, -0.2) is 0 Å². The van der Waals surface area contributed by atoms with Gasteiger partial charge in [-0.05, 0) is 86.6 Å². The lowest BCUT2D eigenvalue weighted by molar-refractivity contribution is -0.384. The number of aryl methyl sites for hydroxylation is 2. The number of aromatic nitrogens is 1. The first-order chi connectivity index (χ1) is 16.8. The quantitative estimate of drug-likeness (QED) is 0.171. The Morgan fingerprint density at radius 1 is 1.03 bits per heavy atom. The lowest BCUT2D eigenvalue weighted by Gasteiger charge is -2.20. The molecule has 3 aromatic rings. The molecule has 0 N–H and O–H groups in total. The van der Waals surface area contributed by atoms with Crippen molar-refractivity contribution < 1.29 is 19.2 Å². The van der Waals surface area contributed by atoms with Crippen LogP contribution in [0.25, 0.3) is 6.08 Å². The van der Waals surface area contributed by atoms with Crippen molar-refractivity contribution in [2.24, 2.45) is 0 Å². The molecule has 4 rings (SSSR count). The predicted molar refractivity (Wildman–Crippen MR) is 140 cm³/mol. The lowest BCUT2D eigenvalue weighted by atomic mass is 10.1. The van der Waals surface area contributed by atoms with Crippen molar-refractivity contribution in [2.45, 2.75) is 27.4 Å². The fraction of sp³-hybridized carbons (Fsp3) is 0.200. The largest absolute Gasteiger partial charge is 0.490 e. The van der Waals surface area contributed by atoms with Gasteiger partial charge in [0.2, 0.25) is 0 Å². The second kappa shape index (κ2) is 10.3. The van der Waals surface area contributed by atoms with Crippen LogP contribution < -0.4 is 14.5 Å². The number of hydrogen-bond acceptors (Lipinski definition) is 7. The van der Waals surface area contributed by atoms with Gasteiger partial charge in [0.1, 0.15) is 6.61 Å². The molecular formula is C25H23N3O5S2. The number of ether oxygens (including phenoxy) is 2. The third-order valence-corrected chi connectivity index (χ3v) is 6.60. The van der Waals surface area contributed by atoms with E-state index in [0.717, 1.165) is 22.5 Å². The Kier molecular flexibility index (Phi) is 7.23. The van der Waals surface area contributed by atoms with Crippen LogP contribution in [0.4, 0.5) is 5.69 Å². The van der Waals surface area contributed by atoms with Crippen molar-refractivity contribution in [3.8, 4) is 11.5 Å². The predicted octanol–water partition coefficient (Wildman–Crippen LogP) is 5.53. The molecule has 35 heavy (non-hydrogen) atoms. The molecular weight excluding hydrogens is 486 g/mol. The number of thioether (sulfide) groups is 1. The van der Waals surface area contributed by atoms with Gasteiger partial charge in [-0.3, -0.25) is 19.6 Å². The van der Waals surface area contributed by atoms with Gasteiger partial charge >= 0.3 is 0 Å². The summed E-state index contributed by atoms with van der Waals surface area (Å²) in [6.07, 6.45) is 1.79. The normalized spacial score (nSPS) is 14.6. The van der Waals surface area contributed by atoms with Gasteiger partial charge in [-0.15, -0.1) is 0 Å². The van der Waals surface area contributed by atoms with Gasteiger partial charge in [-0.2, -0.15) is 5.01 Å². The molecule has 0 unspecified atom stereocenters. The molecule has 10 heteroatoms. The highest BCUT2D eigenvalue weighted by Crippen LogP contribution is 2.35. The number of hydrogen-bond donors (Lipinski definition) is 0. The van der Waals surface area contributed by atoms with Crippen LogP contribution in [0.5, 0.6) is 11.5 Å². The van der Waals surface area contributed by atoms with E-state index in [2.05, 4.69) is 0 Å². The summed E-state index contributed by atoms with van der Waals surface area (Å²) < 4.78 is 14.0. The van der Waals surface area contributed by atoms with Gasteiger partial charge in [0, 0.05) is 23.5 Å². The molecule has 0 saturated carbocycles. The fourth-order valence-corrected chi connectivity index (χ4v) is 4.88. The first-order valence-electron chi connectivity index (χ1n) is 10.8. The first kappa shape index (κ1) is 24.5. The Labute approximate surface area is 212 Å². The number of carbonyl (C=O) groups excluding carboxylic acids is 1. The molecule has 1 fully saturated rings. The van der Waals surface area contributed by atoms with Crippen LogP contribution in [0.3, 0.4) is 0 Å². The third-order valence-electron chi connectivity index (χ3n) is 5.31. The fourth-order valence-electron chi connectivity index (χ4n) is 3.64. The van der Waals surface area contributed by atoms with E-state index in [1.54, 1.807) is 24.3 Å². The van der Waals surface area contributed by atoms with Gasteiger partial charge in [0.05, 0.1) is 16.4 Å². The molecule has 1 aromatic heterocycles. The maximum atomic E-state index is 13.2. The minimum atomic E-state index is -0.439. The number of thiocarbonyl (C=S) groups is 1. The molecule has 0 atom stereocenters. The van der Waals surface area contributed by atoms with Gasteiger partial charge in [0.15, 0.2) is 15.8 Å². The Morgan fingerprint density at radius 2 is 1.71 bits per heavy atom. The number of benzene rings is 2. The smallest absolute Gasteiger partial charge is 0.285 e. The molecule has 1 aliphatic heterocycles. The molecule has 8 nitrogen and oxygen atoms in total. The summed E-state index contributed by atoms with van der Waals surface area (Å²) >= 11 is 6.75. The lowest BCUT2D eigenvalue weighted by Crippen LogP contribution is -2.39. The zero-order valence-electron chi connectivity index (χ0n) is 19.4. The molecule has 1 amide bonds. The van der Waals surface area contributed by atoms with Crippen LogP contribution in [-0.2, 0) is 11.4 Å². The molecule has 0 bridgehead atoms. The Bertz CT molecular complexity index is 1310. The second-order valence-electron chi connectivity index (χ2n) is 7.77. The summed E-state index contributed by atoms with van der Waals surface area (Å²) in [7, 11) is 0. The highest BCUT2D eigenvalue weighted by atomic mass is 32.2. The van der Waals surface area contributed by atoms with Crippen LogP contribution in [-0.4, -0.2) is 26.4 Å². The summed E-state index contributed by atoms with van der Waals surface area (Å²) in [5, 5.41) is 12.3. The van der Waals surface area contributed by atoms with Crippen LogP contribution in [0.2, 0.25) is 0 Å². The van der Waals surface area contributed by atoms with Crippen LogP contribution in [0.15, 0.2) is 59.5 Å². The van der Waals surface area contributed by atoms with E-state index in [1.165, 1.54) is 28.9 Å². The maximum Gasteiger partial charge on any atom is 0.285 e. The summed E-state index contributed by atoms with van der Waals surface area (Å²) in [5.41, 5.74) is 3.45. The van der Waals surface area contributed by atoms with Gasteiger partial charge < -0.3 is 9.47 Å². The van der Waals surface area contributed by atoms with Crippen molar-refractivity contribution in [3.63, 3.8) is 0 Å². The minimum absolute atomic E-state index is 0.0284. The summed E-state index contributed by atoms with van der Waals surface area (Å²) in [4.78, 5) is 24.1. The number of nitrogens with zero attached hydrogens (tertiary/aromatic N) is 3.